The fourth-order valence-electron chi connectivity index (χ4n) is 2.55. The van der Waals surface area contributed by atoms with E-state index in [1.54, 1.807) is 12.1 Å². The van der Waals surface area contributed by atoms with E-state index in [-0.39, 0.29) is 11.2 Å². The van der Waals surface area contributed by atoms with Crippen molar-refractivity contribution >= 4 is 16.8 Å². The molecule has 3 rings (SSSR count). The molecule has 2 aromatic carbocycles. The van der Waals surface area contributed by atoms with Crippen LogP contribution in [0, 0.1) is 13.8 Å². The number of hydrogen-bond donors (Lipinski definition) is 0. The maximum atomic E-state index is 12.4. The predicted octanol–water partition coefficient (Wildman–Crippen LogP) is 4.28. The third-order valence-corrected chi connectivity index (χ3v) is 3.77. The van der Waals surface area contributed by atoms with E-state index in [1.165, 1.54) is 13.0 Å². The molecule has 0 aliphatic heterocycles. The van der Waals surface area contributed by atoms with Crippen molar-refractivity contribution in [1.29, 1.82) is 0 Å². The Morgan fingerprint density at radius 2 is 1.68 bits per heavy atom. The molecule has 0 aliphatic rings. The predicted molar refractivity (Wildman–Crippen MR) is 87.4 cm³/mol. The molecule has 3 aromatic rings. The summed E-state index contributed by atoms with van der Waals surface area (Å²) < 4.78 is 5.89. The Kier molecular flexibility index (Phi) is 3.41. The number of rotatable bonds is 2. The van der Waals surface area contributed by atoms with E-state index < -0.39 is 0 Å². The molecule has 22 heavy (non-hydrogen) atoms. The highest BCUT2D eigenvalue weighted by atomic mass is 16.3. The van der Waals surface area contributed by atoms with E-state index in [0.717, 1.165) is 16.7 Å². The van der Waals surface area contributed by atoms with Crippen molar-refractivity contribution in [2.45, 2.75) is 20.8 Å². The zero-order valence-electron chi connectivity index (χ0n) is 12.8. The lowest BCUT2D eigenvalue weighted by Crippen LogP contribution is -2.04. The fraction of sp³-hybridized carbons (Fsp3) is 0.158. The van der Waals surface area contributed by atoms with Gasteiger partial charge in [-0.2, -0.15) is 0 Å². The Morgan fingerprint density at radius 1 is 1.00 bits per heavy atom. The van der Waals surface area contributed by atoms with Gasteiger partial charge in [-0.05, 0) is 38.5 Å². The summed E-state index contributed by atoms with van der Waals surface area (Å²) >= 11 is 0. The highest BCUT2D eigenvalue weighted by Crippen LogP contribution is 2.25. The summed E-state index contributed by atoms with van der Waals surface area (Å²) in [5, 5.41) is 0.529. The fourth-order valence-corrected chi connectivity index (χ4v) is 2.55. The molecule has 0 saturated heterocycles. The second-order valence-corrected chi connectivity index (χ2v) is 5.56. The molecule has 0 spiro atoms. The van der Waals surface area contributed by atoms with Gasteiger partial charge in [0.2, 0.25) is 0 Å². The van der Waals surface area contributed by atoms with Gasteiger partial charge >= 0.3 is 0 Å². The van der Waals surface area contributed by atoms with Crippen LogP contribution in [-0.4, -0.2) is 5.78 Å². The maximum absolute atomic E-state index is 12.4. The molecule has 0 N–H and O–H groups in total. The summed E-state index contributed by atoms with van der Waals surface area (Å²) in [5.41, 5.74) is 3.65. The van der Waals surface area contributed by atoms with E-state index in [9.17, 15) is 9.59 Å². The van der Waals surface area contributed by atoms with Gasteiger partial charge in [-0.15, -0.1) is 0 Å². The number of carbonyl (C=O) groups is 1. The molecule has 0 saturated carbocycles. The lowest BCUT2D eigenvalue weighted by molar-refractivity contribution is 0.101. The van der Waals surface area contributed by atoms with Crippen molar-refractivity contribution in [3.63, 3.8) is 0 Å². The SMILES string of the molecule is CC(=O)c1cc(C)c2c(=O)cc(-c3ccc(C)cc3)oc2c1. The number of aryl methyl sites for hydroxylation is 2. The number of fused-ring (bicyclic) bond motifs is 1. The van der Waals surface area contributed by atoms with Crippen LogP contribution in [0.5, 0.6) is 0 Å². The molecule has 1 aromatic heterocycles. The third kappa shape index (κ3) is 2.46. The van der Waals surface area contributed by atoms with E-state index in [4.69, 9.17) is 4.42 Å². The topological polar surface area (TPSA) is 47.3 Å². The van der Waals surface area contributed by atoms with E-state index in [0.29, 0.717) is 22.3 Å². The smallest absolute Gasteiger partial charge is 0.193 e. The quantitative estimate of drug-likeness (QED) is 0.662. The molecule has 3 heteroatoms. The van der Waals surface area contributed by atoms with Gasteiger partial charge in [-0.1, -0.05) is 29.8 Å². The number of benzene rings is 2. The lowest BCUT2D eigenvalue weighted by Gasteiger charge is -2.07. The Morgan fingerprint density at radius 3 is 2.32 bits per heavy atom. The third-order valence-electron chi connectivity index (χ3n) is 3.77. The minimum absolute atomic E-state index is 0.0478. The van der Waals surface area contributed by atoms with E-state index in [2.05, 4.69) is 0 Å². The average Bonchev–Trinajstić information content (AvgIpc) is 2.46. The normalized spacial score (nSPS) is 10.9. The van der Waals surface area contributed by atoms with Crippen LogP contribution in [0.3, 0.4) is 0 Å². The van der Waals surface area contributed by atoms with Gasteiger partial charge in [0.15, 0.2) is 11.2 Å². The van der Waals surface area contributed by atoms with Crippen LogP contribution in [-0.2, 0) is 0 Å². The summed E-state index contributed by atoms with van der Waals surface area (Å²) in [4.78, 5) is 24.0. The highest BCUT2D eigenvalue weighted by Gasteiger charge is 2.12. The van der Waals surface area contributed by atoms with Crippen LogP contribution in [0.2, 0.25) is 0 Å². The van der Waals surface area contributed by atoms with Crippen molar-refractivity contribution in [2.75, 3.05) is 0 Å². The van der Waals surface area contributed by atoms with Crippen molar-refractivity contribution in [3.8, 4) is 11.3 Å². The van der Waals surface area contributed by atoms with Crippen LogP contribution in [0.15, 0.2) is 51.7 Å². The van der Waals surface area contributed by atoms with Gasteiger partial charge in [0.25, 0.3) is 0 Å². The second-order valence-electron chi connectivity index (χ2n) is 5.56. The number of ketones is 1. The molecule has 0 bridgehead atoms. The zero-order valence-corrected chi connectivity index (χ0v) is 12.8. The van der Waals surface area contributed by atoms with Gasteiger partial charge in [0.1, 0.15) is 11.3 Å². The van der Waals surface area contributed by atoms with Crippen LogP contribution in [0.25, 0.3) is 22.3 Å². The lowest BCUT2D eigenvalue weighted by atomic mass is 10.0. The van der Waals surface area contributed by atoms with Gasteiger partial charge in [0.05, 0.1) is 5.39 Å². The Bertz CT molecular complexity index is 931. The van der Waals surface area contributed by atoms with Crippen LogP contribution >= 0.6 is 0 Å². The minimum Gasteiger partial charge on any atom is -0.456 e. The first-order valence-electron chi connectivity index (χ1n) is 7.12. The number of hydrogen-bond acceptors (Lipinski definition) is 3. The zero-order chi connectivity index (χ0) is 15.9. The van der Waals surface area contributed by atoms with Crippen molar-refractivity contribution in [1.82, 2.24) is 0 Å². The van der Waals surface area contributed by atoms with Gasteiger partial charge in [0, 0.05) is 17.2 Å². The first kappa shape index (κ1) is 14.3. The molecule has 0 radical (unpaired) electrons. The molecule has 110 valence electrons. The molecule has 0 aliphatic carbocycles. The number of carbonyl (C=O) groups excluding carboxylic acids is 1. The van der Waals surface area contributed by atoms with E-state index in [1.807, 2.05) is 38.1 Å². The Labute approximate surface area is 128 Å². The van der Waals surface area contributed by atoms with Gasteiger partial charge < -0.3 is 4.42 Å². The molecule has 0 unspecified atom stereocenters. The molecular formula is C19H16O3. The monoisotopic (exact) mass is 292 g/mol. The Hall–Kier alpha value is -2.68. The summed E-state index contributed by atoms with van der Waals surface area (Å²) in [5.74, 6) is 0.464. The standard InChI is InChI=1S/C19H16O3/c1-11-4-6-14(7-5-11)17-10-16(21)19-12(2)8-15(13(3)20)9-18(19)22-17/h4-10H,1-3H3. The molecule has 0 amide bonds. The summed E-state index contributed by atoms with van der Waals surface area (Å²) in [7, 11) is 0. The second kappa shape index (κ2) is 5.26. The highest BCUT2D eigenvalue weighted by molar-refractivity contribution is 5.98. The molecule has 0 atom stereocenters. The van der Waals surface area contributed by atoms with Crippen molar-refractivity contribution in [2.24, 2.45) is 0 Å². The van der Waals surface area contributed by atoms with Crippen LogP contribution in [0.4, 0.5) is 0 Å². The first-order chi connectivity index (χ1) is 10.5. The molecule has 0 fully saturated rings. The van der Waals surface area contributed by atoms with Crippen molar-refractivity contribution in [3.05, 3.63) is 69.4 Å². The minimum atomic E-state index is -0.0931. The van der Waals surface area contributed by atoms with Crippen LogP contribution in [0.1, 0.15) is 28.4 Å². The Balaban J connectivity index is 2.29. The van der Waals surface area contributed by atoms with Crippen LogP contribution < -0.4 is 5.43 Å². The molecule has 3 nitrogen and oxygen atoms in total. The maximum Gasteiger partial charge on any atom is 0.193 e. The summed E-state index contributed by atoms with van der Waals surface area (Å²) in [6.07, 6.45) is 0. The van der Waals surface area contributed by atoms with E-state index >= 15 is 0 Å². The largest absolute Gasteiger partial charge is 0.456 e. The van der Waals surface area contributed by atoms with Gasteiger partial charge in [-0.3, -0.25) is 9.59 Å². The van der Waals surface area contributed by atoms with Crippen molar-refractivity contribution < 1.29 is 9.21 Å². The summed E-state index contributed by atoms with van der Waals surface area (Å²) in [6.45, 7) is 5.32. The van der Waals surface area contributed by atoms with Gasteiger partial charge in [-0.25, -0.2) is 0 Å². The average molecular weight is 292 g/mol. The first-order valence-corrected chi connectivity index (χ1v) is 7.12. The number of Topliss-reactive ketones (excluding diaryl/α,β-unsaturated/α-hetero) is 1. The summed E-state index contributed by atoms with van der Waals surface area (Å²) in [6, 6.07) is 12.7. The molecular weight excluding hydrogens is 276 g/mol. The molecule has 1 heterocycles.